The molecule has 0 amide bonds. The highest BCUT2D eigenvalue weighted by Crippen LogP contribution is 1.98. The van der Waals surface area contributed by atoms with Crippen LogP contribution in [0.3, 0.4) is 0 Å². The summed E-state index contributed by atoms with van der Waals surface area (Å²) in [5.41, 5.74) is 0. The van der Waals surface area contributed by atoms with Crippen molar-refractivity contribution in [2.45, 2.75) is 26.4 Å². The molecule has 0 aliphatic rings. The smallest absolute Gasteiger partial charge is 0.340 e. The Hall–Kier alpha value is -0.600. The van der Waals surface area contributed by atoms with Crippen LogP contribution in [0.5, 0.6) is 0 Å². The van der Waals surface area contributed by atoms with Gasteiger partial charge in [0.1, 0.15) is 0 Å². The first-order valence-corrected chi connectivity index (χ1v) is 3.03. The van der Waals surface area contributed by atoms with Crippen LogP contribution < -0.4 is 0 Å². The lowest BCUT2D eigenvalue weighted by Crippen LogP contribution is -2.17. The molecule has 0 aromatic carbocycles. The van der Waals surface area contributed by atoms with E-state index in [1.54, 1.807) is 13.8 Å². The summed E-state index contributed by atoms with van der Waals surface area (Å²) < 4.78 is 16.6. The molecule has 0 aliphatic carbocycles. The topological polar surface area (TPSA) is 26.3 Å². The van der Waals surface area contributed by atoms with E-state index in [2.05, 4.69) is 4.74 Å². The van der Waals surface area contributed by atoms with E-state index in [-0.39, 0.29) is 13.0 Å². The first kappa shape index (κ1) is 8.40. The average molecular weight is 134 g/mol. The normalized spacial score (nSPS) is 12.8. The molecule has 0 saturated heterocycles. The zero-order chi connectivity index (χ0) is 7.28. The molecule has 0 heterocycles. The lowest BCUT2D eigenvalue weighted by molar-refractivity contribution is -0.149. The number of carbonyl (C=O) groups is 1. The molecule has 0 unspecified atom stereocenters. The molecule has 0 radical (unpaired) electrons. The van der Waals surface area contributed by atoms with Gasteiger partial charge < -0.3 is 4.74 Å². The molecule has 0 aromatic rings. The van der Waals surface area contributed by atoms with Gasteiger partial charge in [-0.25, -0.2) is 9.18 Å². The predicted octanol–water partition coefficient (Wildman–Crippen LogP) is 1.30. The third-order valence-electron chi connectivity index (χ3n) is 0.901. The fourth-order valence-corrected chi connectivity index (χ4v) is 0.399. The fourth-order valence-electron chi connectivity index (χ4n) is 0.399. The Kier molecular flexibility index (Phi) is 4.01. The molecule has 2 nitrogen and oxygen atoms in total. The molecule has 0 N–H and O–H groups in total. The van der Waals surface area contributed by atoms with E-state index in [0.29, 0.717) is 0 Å². The molecular formula is C6H11FO2. The molecular weight excluding hydrogens is 123 g/mol. The number of carbonyl (C=O) groups excluding carboxylic acids is 1. The minimum Gasteiger partial charge on any atom is -0.464 e. The van der Waals surface area contributed by atoms with Crippen molar-refractivity contribution >= 4 is 5.97 Å². The Morgan fingerprint density at radius 2 is 2.22 bits per heavy atom. The Labute approximate surface area is 54.0 Å². The minimum absolute atomic E-state index is 0.193. The third-order valence-corrected chi connectivity index (χ3v) is 0.901. The Balaban J connectivity index is 3.46. The van der Waals surface area contributed by atoms with Gasteiger partial charge in [0.25, 0.3) is 0 Å². The van der Waals surface area contributed by atoms with E-state index in [1.807, 2.05) is 0 Å². The Bertz CT molecular complexity index is 93.1. The van der Waals surface area contributed by atoms with E-state index in [0.717, 1.165) is 0 Å². The van der Waals surface area contributed by atoms with Crippen LogP contribution in [0, 0.1) is 0 Å². The van der Waals surface area contributed by atoms with Gasteiger partial charge in [-0.3, -0.25) is 0 Å². The monoisotopic (exact) mass is 134 g/mol. The second kappa shape index (κ2) is 4.30. The summed E-state index contributed by atoms with van der Waals surface area (Å²) >= 11 is 0. The number of alkyl halides is 1. The van der Waals surface area contributed by atoms with Crippen LogP contribution in [0.15, 0.2) is 0 Å². The van der Waals surface area contributed by atoms with Crippen molar-refractivity contribution in [2.75, 3.05) is 6.61 Å². The summed E-state index contributed by atoms with van der Waals surface area (Å²) in [6.45, 7) is 3.50. The molecule has 0 rings (SSSR count). The zero-order valence-corrected chi connectivity index (χ0v) is 5.69. The van der Waals surface area contributed by atoms with Gasteiger partial charge in [0.2, 0.25) is 0 Å². The lowest BCUT2D eigenvalue weighted by Gasteiger charge is -2.02. The van der Waals surface area contributed by atoms with Crippen LogP contribution in [-0.2, 0) is 9.53 Å². The van der Waals surface area contributed by atoms with Gasteiger partial charge in [-0.05, 0) is 13.3 Å². The van der Waals surface area contributed by atoms with Crippen LogP contribution in [0.4, 0.5) is 4.39 Å². The van der Waals surface area contributed by atoms with E-state index >= 15 is 0 Å². The van der Waals surface area contributed by atoms with Crippen molar-refractivity contribution in [3.05, 3.63) is 0 Å². The van der Waals surface area contributed by atoms with Crippen molar-refractivity contribution in [3.8, 4) is 0 Å². The summed E-state index contributed by atoms with van der Waals surface area (Å²) in [6.07, 6.45) is -1.25. The number of rotatable bonds is 3. The van der Waals surface area contributed by atoms with Gasteiger partial charge in [-0.2, -0.15) is 0 Å². The van der Waals surface area contributed by atoms with Gasteiger partial charge in [0.05, 0.1) is 6.61 Å². The van der Waals surface area contributed by atoms with Crippen molar-refractivity contribution in [1.82, 2.24) is 0 Å². The van der Waals surface area contributed by atoms with E-state index < -0.39 is 12.1 Å². The molecule has 0 bridgehead atoms. The largest absolute Gasteiger partial charge is 0.464 e. The second-order valence-electron chi connectivity index (χ2n) is 1.63. The van der Waals surface area contributed by atoms with Gasteiger partial charge in [-0.1, -0.05) is 6.92 Å². The van der Waals surface area contributed by atoms with Crippen LogP contribution in [0.2, 0.25) is 0 Å². The quantitative estimate of drug-likeness (QED) is 0.544. The van der Waals surface area contributed by atoms with Gasteiger partial charge >= 0.3 is 5.97 Å². The third kappa shape index (κ3) is 3.06. The molecule has 0 aromatic heterocycles. The van der Waals surface area contributed by atoms with Crippen molar-refractivity contribution in [1.29, 1.82) is 0 Å². The molecule has 0 aliphatic heterocycles. The van der Waals surface area contributed by atoms with Crippen molar-refractivity contribution < 1.29 is 13.9 Å². The fraction of sp³-hybridized carbons (Fsp3) is 0.833. The van der Waals surface area contributed by atoms with E-state index in [9.17, 15) is 9.18 Å². The van der Waals surface area contributed by atoms with E-state index in [4.69, 9.17) is 0 Å². The summed E-state index contributed by atoms with van der Waals surface area (Å²) in [5, 5.41) is 0. The Morgan fingerprint density at radius 1 is 1.67 bits per heavy atom. The molecule has 0 spiro atoms. The van der Waals surface area contributed by atoms with E-state index in [1.165, 1.54) is 0 Å². The second-order valence-corrected chi connectivity index (χ2v) is 1.63. The van der Waals surface area contributed by atoms with Crippen LogP contribution in [0.1, 0.15) is 20.3 Å². The maximum atomic E-state index is 12.2. The maximum absolute atomic E-state index is 12.2. The molecule has 0 fully saturated rings. The number of ether oxygens (including phenoxy) is 1. The summed E-state index contributed by atoms with van der Waals surface area (Å²) in [6, 6.07) is 0. The number of hydrogen-bond donors (Lipinski definition) is 0. The summed E-state index contributed by atoms with van der Waals surface area (Å²) in [7, 11) is 0. The highest BCUT2D eigenvalue weighted by atomic mass is 19.1. The van der Waals surface area contributed by atoms with Gasteiger partial charge in [-0.15, -0.1) is 0 Å². The molecule has 1 atom stereocenters. The molecule has 0 saturated carbocycles. The van der Waals surface area contributed by atoms with Gasteiger partial charge in [0, 0.05) is 0 Å². The zero-order valence-electron chi connectivity index (χ0n) is 5.69. The number of hydrogen-bond acceptors (Lipinski definition) is 2. The van der Waals surface area contributed by atoms with Crippen molar-refractivity contribution in [2.24, 2.45) is 0 Å². The maximum Gasteiger partial charge on any atom is 0.340 e. The van der Waals surface area contributed by atoms with Crippen LogP contribution in [-0.4, -0.2) is 18.7 Å². The van der Waals surface area contributed by atoms with Crippen molar-refractivity contribution in [3.63, 3.8) is 0 Å². The number of halogens is 1. The highest BCUT2D eigenvalue weighted by Gasteiger charge is 2.14. The molecule has 3 heteroatoms. The van der Waals surface area contributed by atoms with Crippen LogP contribution in [0.25, 0.3) is 0 Å². The standard InChI is InChI=1S/C6H11FO2/c1-3-5(7)6(8)9-4-2/h5H,3-4H2,1-2H3/t5-/m1/s1. The summed E-state index contributed by atoms with van der Waals surface area (Å²) in [5.74, 6) is -0.750. The first-order chi connectivity index (χ1) is 4.22. The molecule has 54 valence electrons. The van der Waals surface area contributed by atoms with Gasteiger partial charge in [0.15, 0.2) is 6.17 Å². The summed E-state index contributed by atoms with van der Waals surface area (Å²) in [4.78, 5) is 10.4. The van der Waals surface area contributed by atoms with Crippen LogP contribution >= 0.6 is 0 Å². The molecule has 9 heavy (non-hydrogen) atoms. The minimum atomic E-state index is -1.44. The predicted molar refractivity (Wildman–Crippen MR) is 31.8 cm³/mol. The average Bonchev–Trinajstić information content (AvgIpc) is 1.87. The SMILES string of the molecule is CCOC(=O)[C@H](F)CC. The lowest BCUT2D eigenvalue weighted by atomic mass is 10.3. The Morgan fingerprint density at radius 3 is 2.56 bits per heavy atom. The first-order valence-electron chi connectivity index (χ1n) is 3.03. The number of esters is 1. The highest BCUT2D eigenvalue weighted by molar-refractivity contribution is 5.74.